The largest absolute Gasteiger partial charge is 0.370 e. The van der Waals surface area contributed by atoms with E-state index in [0.29, 0.717) is 25.3 Å². The third-order valence-electron chi connectivity index (χ3n) is 6.16. The summed E-state index contributed by atoms with van der Waals surface area (Å²) in [6.07, 6.45) is 8.10. The van der Waals surface area contributed by atoms with Crippen LogP contribution in [0.3, 0.4) is 0 Å². The lowest BCUT2D eigenvalue weighted by Crippen LogP contribution is -2.58. The Morgan fingerprint density at radius 1 is 1.11 bits per heavy atom. The van der Waals surface area contributed by atoms with E-state index in [9.17, 15) is 9.59 Å². The molecule has 1 aromatic rings. The molecule has 1 aromatic heterocycles. The van der Waals surface area contributed by atoms with E-state index < -0.39 is 5.91 Å². The van der Waals surface area contributed by atoms with Gasteiger partial charge in [-0.2, -0.15) is 0 Å². The Morgan fingerprint density at radius 2 is 1.93 bits per heavy atom. The molecule has 8 nitrogen and oxygen atoms in total. The van der Waals surface area contributed by atoms with E-state index in [-0.39, 0.29) is 12.1 Å². The van der Waals surface area contributed by atoms with Crippen molar-refractivity contribution < 1.29 is 14.3 Å². The second-order valence-electron chi connectivity index (χ2n) is 7.98. The van der Waals surface area contributed by atoms with Crippen LogP contribution in [0.2, 0.25) is 0 Å². The molecule has 0 bridgehead atoms. The molecule has 3 aliphatic rings. The minimum atomic E-state index is -0.505. The molecule has 2 N–H and O–H groups in total. The van der Waals surface area contributed by atoms with Gasteiger partial charge in [0, 0.05) is 44.6 Å². The standard InChI is InChI=1S/C20H29N5O3/c21-19(26)18-11-22-6-5-15(18)14-28-17-12-25(13-17)20(27)24-8-2-7-23(9-10-24)16-3-1-4-16/h5-6,11,16-17H,1-4,7-10,12-14H2,(H2,21,26). The van der Waals surface area contributed by atoms with Gasteiger partial charge in [0.15, 0.2) is 0 Å². The number of hydrogen-bond acceptors (Lipinski definition) is 5. The first-order valence-electron chi connectivity index (χ1n) is 10.2. The monoisotopic (exact) mass is 387 g/mol. The molecule has 2 aliphatic heterocycles. The molecule has 1 saturated carbocycles. The lowest BCUT2D eigenvalue weighted by Gasteiger charge is -2.41. The van der Waals surface area contributed by atoms with Gasteiger partial charge in [0.1, 0.15) is 0 Å². The number of urea groups is 1. The van der Waals surface area contributed by atoms with E-state index in [1.807, 2.05) is 9.80 Å². The van der Waals surface area contributed by atoms with E-state index >= 15 is 0 Å². The van der Waals surface area contributed by atoms with Crippen molar-refractivity contribution in [3.63, 3.8) is 0 Å². The van der Waals surface area contributed by atoms with Gasteiger partial charge in [0.2, 0.25) is 0 Å². The van der Waals surface area contributed by atoms with E-state index in [0.717, 1.165) is 44.2 Å². The molecule has 4 rings (SSSR count). The highest BCUT2D eigenvalue weighted by Gasteiger charge is 2.35. The van der Waals surface area contributed by atoms with Gasteiger partial charge in [0.05, 0.1) is 31.4 Å². The van der Waals surface area contributed by atoms with Gasteiger partial charge in [-0.15, -0.1) is 0 Å². The molecule has 0 spiro atoms. The summed E-state index contributed by atoms with van der Waals surface area (Å²) >= 11 is 0. The van der Waals surface area contributed by atoms with Gasteiger partial charge in [-0.3, -0.25) is 14.7 Å². The Bertz CT molecular complexity index is 718. The molecule has 152 valence electrons. The Hall–Kier alpha value is -2.19. The van der Waals surface area contributed by atoms with Gasteiger partial charge in [-0.05, 0) is 30.9 Å². The lowest BCUT2D eigenvalue weighted by molar-refractivity contribution is -0.0494. The fourth-order valence-corrected chi connectivity index (χ4v) is 4.12. The zero-order valence-electron chi connectivity index (χ0n) is 16.3. The number of primary amides is 1. The highest BCUT2D eigenvalue weighted by Crippen LogP contribution is 2.26. The van der Waals surface area contributed by atoms with Crippen LogP contribution in [0.25, 0.3) is 0 Å². The average Bonchev–Trinajstić information content (AvgIpc) is 2.85. The number of carbonyl (C=O) groups excluding carboxylic acids is 2. The predicted molar refractivity (Wildman–Crippen MR) is 104 cm³/mol. The van der Waals surface area contributed by atoms with Crippen molar-refractivity contribution in [2.45, 2.75) is 44.4 Å². The summed E-state index contributed by atoms with van der Waals surface area (Å²) in [5.74, 6) is -0.505. The Balaban J connectivity index is 1.22. The van der Waals surface area contributed by atoms with Crippen LogP contribution in [0, 0.1) is 0 Å². The maximum atomic E-state index is 12.8. The third-order valence-corrected chi connectivity index (χ3v) is 6.16. The fraction of sp³-hybridized carbons (Fsp3) is 0.650. The smallest absolute Gasteiger partial charge is 0.320 e. The number of carbonyl (C=O) groups is 2. The zero-order valence-corrected chi connectivity index (χ0v) is 16.3. The maximum Gasteiger partial charge on any atom is 0.320 e. The number of nitrogens with zero attached hydrogens (tertiary/aromatic N) is 4. The van der Waals surface area contributed by atoms with E-state index in [1.165, 1.54) is 25.5 Å². The number of hydrogen-bond donors (Lipinski definition) is 1. The molecule has 8 heteroatoms. The second kappa shape index (κ2) is 8.45. The molecular weight excluding hydrogens is 358 g/mol. The number of nitrogens with two attached hydrogens (primary N) is 1. The average molecular weight is 387 g/mol. The zero-order chi connectivity index (χ0) is 19.5. The van der Waals surface area contributed by atoms with Gasteiger partial charge in [-0.25, -0.2) is 4.79 Å². The molecule has 0 unspecified atom stereocenters. The number of aromatic nitrogens is 1. The molecule has 3 heterocycles. The van der Waals surface area contributed by atoms with Crippen molar-refractivity contribution in [1.29, 1.82) is 0 Å². The lowest BCUT2D eigenvalue weighted by atomic mass is 9.91. The highest BCUT2D eigenvalue weighted by molar-refractivity contribution is 5.93. The van der Waals surface area contributed by atoms with Crippen LogP contribution >= 0.6 is 0 Å². The summed E-state index contributed by atoms with van der Waals surface area (Å²) in [6.45, 7) is 5.24. The van der Waals surface area contributed by atoms with Gasteiger partial charge < -0.3 is 20.3 Å². The number of amides is 3. The molecule has 3 amide bonds. The van der Waals surface area contributed by atoms with Crippen LogP contribution in [0.5, 0.6) is 0 Å². The first-order chi connectivity index (χ1) is 13.6. The molecular formula is C20H29N5O3. The van der Waals surface area contributed by atoms with Crippen molar-refractivity contribution in [3.05, 3.63) is 29.6 Å². The van der Waals surface area contributed by atoms with Crippen molar-refractivity contribution in [1.82, 2.24) is 19.7 Å². The van der Waals surface area contributed by atoms with Gasteiger partial charge in [-0.1, -0.05) is 6.42 Å². The van der Waals surface area contributed by atoms with Crippen molar-refractivity contribution in [3.8, 4) is 0 Å². The Kier molecular flexibility index (Phi) is 5.77. The molecule has 1 aliphatic carbocycles. The van der Waals surface area contributed by atoms with Crippen LogP contribution in [0.1, 0.15) is 41.6 Å². The van der Waals surface area contributed by atoms with E-state index in [4.69, 9.17) is 10.5 Å². The van der Waals surface area contributed by atoms with Crippen LogP contribution in [0.15, 0.2) is 18.5 Å². The molecule has 3 fully saturated rings. The highest BCUT2D eigenvalue weighted by atomic mass is 16.5. The van der Waals surface area contributed by atoms with Crippen molar-refractivity contribution in [2.75, 3.05) is 39.3 Å². The van der Waals surface area contributed by atoms with Crippen molar-refractivity contribution in [2.24, 2.45) is 5.73 Å². The summed E-state index contributed by atoms with van der Waals surface area (Å²) in [4.78, 5) is 34.5. The van der Waals surface area contributed by atoms with Gasteiger partial charge in [0.25, 0.3) is 5.91 Å². The second-order valence-corrected chi connectivity index (χ2v) is 7.98. The number of rotatable bonds is 5. The maximum absolute atomic E-state index is 12.8. The summed E-state index contributed by atoms with van der Waals surface area (Å²) < 4.78 is 5.86. The van der Waals surface area contributed by atoms with E-state index in [2.05, 4.69) is 9.88 Å². The minimum Gasteiger partial charge on any atom is -0.370 e. The van der Waals surface area contributed by atoms with Crippen molar-refractivity contribution >= 4 is 11.9 Å². The fourth-order valence-electron chi connectivity index (χ4n) is 4.12. The molecule has 0 radical (unpaired) electrons. The Morgan fingerprint density at radius 3 is 2.64 bits per heavy atom. The van der Waals surface area contributed by atoms with Crippen LogP contribution in [-0.2, 0) is 11.3 Å². The number of likely N-dealkylation sites (tertiary alicyclic amines) is 1. The SMILES string of the molecule is NC(=O)c1cnccc1COC1CN(C(=O)N2CCCN(C3CCC3)CC2)C1. The summed E-state index contributed by atoms with van der Waals surface area (Å²) in [5.41, 5.74) is 6.49. The summed E-state index contributed by atoms with van der Waals surface area (Å²) in [5, 5.41) is 0. The normalized spacial score (nSPS) is 21.7. The van der Waals surface area contributed by atoms with Gasteiger partial charge >= 0.3 is 6.03 Å². The number of pyridine rings is 1. The predicted octanol–water partition coefficient (Wildman–Crippen LogP) is 1.06. The van der Waals surface area contributed by atoms with Crippen LogP contribution in [-0.4, -0.2) is 83.0 Å². The molecule has 28 heavy (non-hydrogen) atoms. The molecule has 0 aromatic carbocycles. The minimum absolute atomic E-state index is 0.00343. The third kappa shape index (κ3) is 4.12. The molecule has 0 atom stereocenters. The Labute approximate surface area is 165 Å². The van der Waals surface area contributed by atoms with Crippen LogP contribution in [0.4, 0.5) is 4.79 Å². The topological polar surface area (TPSA) is 92.0 Å². The quantitative estimate of drug-likeness (QED) is 0.816. The first-order valence-corrected chi connectivity index (χ1v) is 10.2. The van der Waals surface area contributed by atoms with Crippen LogP contribution < -0.4 is 5.73 Å². The summed E-state index contributed by atoms with van der Waals surface area (Å²) in [6, 6.07) is 2.61. The first kappa shape index (κ1) is 19.1. The molecule has 2 saturated heterocycles. The van der Waals surface area contributed by atoms with E-state index in [1.54, 1.807) is 12.3 Å². The summed E-state index contributed by atoms with van der Waals surface area (Å²) in [7, 11) is 0. The number of ether oxygens (including phenoxy) is 1.